The fraction of sp³-hybridized carbons (Fsp3) is 0.0667. The fourth-order valence-electron chi connectivity index (χ4n) is 2.06. The van der Waals surface area contributed by atoms with Gasteiger partial charge in [0.25, 0.3) is 11.6 Å². The van der Waals surface area contributed by atoms with Gasteiger partial charge in [-0.25, -0.2) is 0 Å². The first kappa shape index (κ1) is 17.8. The highest BCUT2D eigenvalue weighted by Crippen LogP contribution is 2.34. The van der Waals surface area contributed by atoms with Crippen molar-refractivity contribution in [3.8, 4) is 11.1 Å². The summed E-state index contributed by atoms with van der Waals surface area (Å²) in [7, 11) is 1.58. The second-order valence-electron chi connectivity index (χ2n) is 4.63. The molecule has 9 heteroatoms. The Morgan fingerprint density at radius 2 is 1.88 bits per heavy atom. The van der Waals surface area contributed by atoms with Crippen molar-refractivity contribution in [3.05, 3.63) is 62.6 Å². The molecule has 3 N–H and O–H groups in total. The zero-order chi connectivity index (χ0) is 17.7. The summed E-state index contributed by atoms with van der Waals surface area (Å²) in [6.07, 6.45) is 0. The third-order valence-electron chi connectivity index (χ3n) is 3.11. The van der Waals surface area contributed by atoms with Crippen molar-refractivity contribution in [2.75, 3.05) is 7.05 Å². The third-order valence-corrected chi connectivity index (χ3v) is 3.87. The van der Waals surface area contributed by atoms with Crippen LogP contribution in [0.25, 0.3) is 11.1 Å². The Kier molecular flexibility index (Phi) is 5.83. The fourth-order valence-corrected chi connectivity index (χ4v) is 2.56. The molecule has 0 saturated carbocycles. The van der Waals surface area contributed by atoms with E-state index in [1.54, 1.807) is 37.4 Å². The Morgan fingerprint density at radius 3 is 2.46 bits per heavy atom. The maximum atomic E-state index is 12.5. The highest BCUT2D eigenvalue weighted by molar-refractivity contribution is 9.10. The molecule has 0 aliphatic rings. The second kappa shape index (κ2) is 7.84. The van der Waals surface area contributed by atoms with Crippen LogP contribution in [0.3, 0.4) is 0 Å². The molecule has 0 atom stereocenters. The lowest BCUT2D eigenvalue weighted by atomic mass is 9.98. The minimum atomic E-state index is -0.661. The molecule has 0 radical (unpaired) electrons. The highest BCUT2D eigenvalue weighted by Gasteiger charge is 2.26. The van der Waals surface area contributed by atoms with Crippen molar-refractivity contribution in [1.82, 2.24) is 16.2 Å². The van der Waals surface area contributed by atoms with Crippen LogP contribution in [0.15, 0.2) is 46.9 Å². The number of halogens is 1. The molecular formula is C15H13BrN4O3S. The van der Waals surface area contributed by atoms with Crippen LogP contribution in [0.1, 0.15) is 10.4 Å². The number of nitrogens with one attached hydrogen (secondary N) is 3. The van der Waals surface area contributed by atoms with Crippen LogP contribution in [0, 0.1) is 10.1 Å². The van der Waals surface area contributed by atoms with Gasteiger partial charge in [-0.3, -0.25) is 25.8 Å². The van der Waals surface area contributed by atoms with E-state index in [9.17, 15) is 14.9 Å². The number of amides is 1. The Balaban J connectivity index is 2.56. The van der Waals surface area contributed by atoms with E-state index in [1.165, 1.54) is 6.07 Å². The van der Waals surface area contributed by atoms with Gasteiger partial charge in [0, 0.05) is 23.2 Å². The van der Waals surface area contributed by atoms with Crippen molar-refractivity contribution < 1.29 is 9.72 Å². The number of hydrogen-bond donors (Lipinski definition) is 3. The average molecular weight is 409 g/mol. The smallest absolute Gasteiger partial charge is 0.283 e. The van der Waals surface area contributed by atoms with E-state index in [1.807, 2.05) is 6.07 Å². The molecule has 2 aromatic rings. The van der Waals surface area contributed by atoms with Crippen molar-refractivity contribution in [2.24, 2.45) is 0 Å². The molecule has 0 saturated heterocycles. The Hall–Kier alpha value is -2.52. The molecule has 7 nitrogen and oxygen atoms in total. The lowest BCUT2D eigenvalue weighted by molar-refractivity contribution is -0.385. The Labute approximate surface area is 151 Å². The molecule has 0 spiro atoms. The van der Waals surface area contributed by atoms with Crippen molar-refractivity contribution in [2.45, 2.75) is 0 Å². The minimum Gasteiger partial charge on any atom is -0.364 e. The van der Waals surface area contributed by atoms with Gasteiger partial charge in [-0.2, -0.15) is 0 Å². The third kappa shape index (κ3) is 4.06. The van der Waals surface area contributed by atoms with Crippen molar-refractivity contribution >= 4 is 44.9 Å². The van der Waals surface area contributed by atoms with E-state index >= 15 is 0 Å². The van der Waals surface area contributed by atoms with Gasteiger partial charge in [0.1, 0.15) is 5.56 Å². The van der Waals surface area contributed by atoms with Crippen LogP contribution in [-0.4, -0.2) is 23.0 Å². The molecule has 0 bridgehead atoms. The number of carbonyl (C=O) groups is 1. The van der Waals surface area contributed by atoms with Crippen LogP contribution in [0.5, 0.6) is 0 Å². The van der Waals surface area contributed by atoms with Gasteiger partial charge < -0.3 is 5.32 Å². The molecule has 0 heterocycles. The van der Waals surface area contributed by atoms with Crippen molar-refractivity contribution in [3.63, 3.8) is 0 Å². The largest absolute Gasteiger partial charge is 0.364 e. The monoisotopic (exact) mass is 408 g/mol. The first-order valence-electron chi connectivity index (χ1n) is 6.75. The standard InChI is InChI=1S/C15H13BrN4O3S/c1-17-15(24)19-18-14(21)13-11(9-5-3-2-4-6-9)7-10(16)8-12(13)20(22)23/h2-8H,1H3,(H,18,21)(H2,17,19,24). The molecule has 124 valence electrons. The van der Waals surface area contributed by atoms with Gasteiger partial charge in [0.05, 0.1) is 4.92 Å². The highest BCUT2D eigenvalue weighted by atomic mass is 79.9. The summed E-state index contributed by atoms with van der Waals surface area (Å²) in [5.74, 6) is -0.661. The van der Waals surface area contributed by atoms with Gasteiger partial charge in [-0.05, 0) is 23.8 Å². The lowest BCUT2D eigenvalue weighted by Crippen LogP contribution is -2.45. The van der Waals surface area contributed by atoms with E-state index in [0.29, 0.717) is 15.6 Å². The SMILES string of the molecule is CNC(=S)NNC(=O)c1c(-c2ccccc2)cc(Br)cc1[N+](=O)[O-]. The predicted octanol–water partition coefficient (Wildman–Crippen LogP) is 2.76. The number of hydrazine groups is 1. The average Bonchev–Trinajstić information content (AvgIpc) is 2.59. The first-order valence-corrected chi connectivity index (χ1v) is 7.95. The lowest BCUT2D eigenvalue weighted by Gasteiger charge is -2.13. The zero-order valence-corrected chi connectivity index (χ0v) is 14.9. The molecule has 1 amide bonds. The summed E-state index contributed by atoms with van der Waals surface area (Å²) in [5.41, 5.74) is 5.60. The van der Waals surface area contributed by atoms with E-state index in [4.69, 9.17) is 12.2 Å². The van der Waals surface area contributed by atoms with E-state index in [2.05, 4.69) is 32.1 Å². The summed E-state index contributed by atoms with van der Waals surface area (Å²) in [6.45, 7) is 0. The molecule has 2 aromatic carbocycles. The van der Waals surface area contributed by atoms with Crippen molar-refractivity contribution in [1.29, 1.82) is 0 Å². The number of carbonyl (C=O) groups excluding carboxylic acids is 1. The number of benzene rings is 2. The van der Waals surface area contributed by atoms with Crippen LogP contribution < -0.4 is 16.2 Å². The molecule has 2 rings (SSSR count). The number of nitro groups is 1. The van der Waals surface area contributed by atoms with Gasteiger partial charge >= 0.3 is 0 Å². The first-order chi connectivity index (χ1) is 11.4. The predicted molar refractivity (Wildman–Crippen MR) is 98.5 cm³/mol. The van der Waals surface area contributed by atoms with Crippen LogP contribution >= 0.6 is 28.1 Å². The Bertz CT molecular complexity index is 799. The molecule has 0 unspecified atom stereocenters. The van der Waals surface area contributed by atoms with E-state index in [-0.39, 0.29) is 16.4 Å². The molecule has 24 heavy (non-hydrogen) atoms. The van der Waals surface area contributed by atoms with Gasteiger partial charge in [-0.1, -0.05) is 46.3 Å². The van der Waals surface area contributed by atoms with E-state index < -0.39 is 10.8 Å². The van der Waals surface area contributed by atoms with Gasteiger partial charge in [-0.15, -0.1) is 0 Å². The van der Waals surface area contributed by atoms with Crippen LogP contribution in [-0.2, 0) is 0 Å². The number of nitrogens with zero attached hydrogens (tertiary/aromatic N) is 1. The summed E-state index contributed by atoms with van der Waals surface area (Å²) >= 11 is 8.13. The molecule has 0 aliphatic carbocycles. The number of rotatable bonds is 3. The Morgan fingerprint density at radius 1 is 1.21 bits per heavy atom. The van der Waals surface area contributed by atoms with E-state index in [0.717, 1.165) is 0 Å². The normalized spacial score (nSPS) is 9.92. The summed E-state index contributed by atoms with van der Waals surface area (Å²) in [4.78, 5) is 23.3. The quantitative estimate of drug-likeness (QED) is 0.410. The topological polar surface area (TPSA) is 96.3 Å². The molecule has 0 fully saturated rings. The molecule has 0 aromatic heterocycles. The zero-order valence-electron chi connectivity index (χ0n) is 12.5. The van der Waals surface area contributed by atoms with Crippen LogP contribution in [0.2, 0.25) is 0 Å². The summed E-state index contributed by atoms with van der Waals surface area (Å²) in [5, 5.41) is 14.2. The number of nitro benzene ring substituents is 1. The number of thiocarbonyl (C=S) groups is 1. The van der Waals surface area contributed by atoms with Gasteiger partial charge in [0.15, 0.2) is 5.11 Å². The minimum absolute atomic E-state index is 0.0548. The summed E-state index contributed by atoms with van der Waals surface area (Å²) < 4.78 is 0.503. The molecular weight excluding hydrogens is 396 g/mol. The molecule has 0 aliphatic heterocycles. The summed E-state index contributed by atoms with van der Waals surface area (Å²) in [6, 6.07) is 11.9. The maximum absolute atomic E-state index is 12.5. The van der Waals surface area contributed by atoms with Gasteiger partial charge in [0.2, 0.25) is 0 Å². The maximum Gasteiger partial charge on any atom is 0.283 e. The van der Waals surface area contributed by atoms with Crippen LogP contribution in [0.4, 0.5) is 5.69 Å². The number of hydrogen-bond acceptors (Lipinski definition) is 4. The second-order valence-corrected chi connectivity index (χ2v) is 5.95.